The fraction of sp³-hybridized carbons (Fsp3) is 0.500. The van der Waals surface area contributed by atoms with Crippen LogP contribution in [0.1, 0.15) is 19.3 Å². The zero-order chi connectivity index (χ0) is 14.0. The number of thioether (sulfide) groups is 1. The van der Waals surface area contributed by atoms with E-state index < -0.39 is 10.0 Å². The lowest BCUT2D eigenvalue weighted by Crippen LogP contribution is -2.38. The smallest absolute Gasteiger partial charge is 0.207 e. The van der Waals surface area contributed by atoms with E-state index in [9.17, 15) is 8.42 Å². The van der Waals surface area contributed by atoms with Crippen LogP contribution in [-0.4, -0.2) is 26.0 Å². The minimum Gasteiger partial charge on any atom is -0.207 e. The van der Waals surface area contributed by atoms with E-state index in [2.05, 4.69) is 20.7 Å². The van der Waals surface area contributed by atoms with Crippen LogP contribution < -0.4 is 4.72 Å². The van der Waals surface area contributed by atoms with Gasteiger partial charge in [0.25, 0.3) is 0 Å². The summed E-state index contributed by atoms with van der Waals surface area (Å²) in [6.07, 6.45) is 5.07. The molecule has 0 radical (unpaired) electrons. The number of rotatable bonds is 4. The molecule has 1 aromatic carbocycles. The highest BCUT2D eigenvalue weighted by Gasteiger charge is 2.30. The summed E-state index contributed by atoms with van der Waals surface area (Å²) >= 11 is 10.9. The van der Waals surface area contributed by atoms with E-state index >= 15 is 0 Å². The predicted octanol–water partition coefficient (Wildman–Crippen LogP) is 3.66. The average molecular weight is 385 g/mol. The topological polar surface area (TPSA) is 46.2 Å². The summed E-state index contributed by atoms with van der Waals surface area (Å²) < 4.78 is 28.1. The van der Waals surface area contributed by atoms with E-state index in [1.807, 2.05) is 6.26 Å². The van der Waals surface area contributed by atoms with Crippen molar-refractivity contribution >= 4 is 49.3 Å². The van der Waals surface area contributed by atoms with Gasteiger partial charge in [0.15, 0.2) is 0 Å². The summed E-state index contributed by atoms with van der Waals surface area (Å²) in [4.78, 5) is 0.246. The number of halogens is 2. The molecule has 1 fully saturated rings. The predicted molar refractivity (Wildman–Crippen MR) is 84.4 cm³/mol. The lowest BCUT2D eigenvalue weighted by molar-refractivity contribution is 0.555. The van der Waals surface area contributed by atoms with Gasteiger partial charge in [-0.05, 0) is 53.2 Å². The van der Waals surface area contributed by atoms with Crippen LogP contribution in [0.3, 0.4) is 0 Å². The third kappa shape index (κ3) is 3.67. The van der Waals surface area contributed by atoms with Crippen molar-refractivity contribution in [3.8, 4) is 0 Å². The summed E-state index contributed by atoms with van der Waals surface area (Å²) in [5.74, 6) is 0. The zero-order valence-electron chi connectivity index (χ0n) is 10.4. The van der Waals surface area contributed by atoms with E-state index in [1.54, 1.807) is 17.8 Å². The Morgan fingerprint density at radius 2 is 2.16 bits per heavy atom. The zero-order valence-corrected chi connectivity index (χ0v) is 14.4. The standard InChI is InChI=1S/C12H15BrClNO2S2/c1-18-12-4-2-3-11(12)15-19(16,17)8-5-6-10(14)9(13)7-8/h5-7,11-12,15H,2-4H2,1H3. The van der Waals surface area contributed by atoms with Gasteiger partial charge in [-0.3, -0.25) is 0 Å². The Balaban J connectivity index is 2.20. The molecule has 1 aliphatic carbocycles. The highest BCUT2D eigenvalue weighted by atomic mass is 79.9. The van der Waals surface area contributed by atoms with Gasteiger partial charge in [0.05, 0.1) is 9.92 Å². The lowest BCUT2D eigenvalue weighted by Gasteiger charge is -2.19. The van der Waals surface area contributed by atoms with Crippen molar-refractivity contribution in [3.63, 3.8) is 0 Å². The number of nitrogens with one attached hydrogen (secondary N) is 1. The first-order chi connectivity index (χ1) is 8.94. The summed E-state index contributed by atoms with van der Waals surface area (Å²) in [6.45, 7) is 0. The molecule has 0 spiro atoms. The first-order valence-electron chi connectivity index (χ1n) is 5.94. The van der Waals surface area contributed by atoms with Crippen LogP contribution in [0, 0.1) is 0 Å². The molecule has 3 nitrogen and oxygen atoms in total. The van der Waals surface area contributed by atoms with Crippen molar-refractivity contribution in [1.82, 2.24) is 4.72 Å². The minimum atomic E-state index is -3.48. The molecule has 0 aliphatic heterocycles. The third-order valence-corrected chi connectivity index (χ3v) is 7.13. The van der Waals surface area contributed by atoms with Crippen molar-refractivity contribution in [2.45, 2.75) is 35.4 Å². The Kier molecular flexibility index (Phi) is 5.22. The Morgan fingerprint density at radius 3 is 2.79 bits per heavy atom. The van der Waals surface area contributed by atoms with Crippen molar-refractivity contribution in [2.24, 2.45) is 0 Å². The number of hydrogen-bond acceptors (Lipinski definition) is 3. The lowest BCUT2D eigenvalue weighted by atomic mass is 10.3. The van der Waals surface area contributed by atoms with Crippen LogP contribution in [0.4, 0.5) is 0 Å². The molecule has 106 valence electrons. The highest BCUT2D eigenvalue weighted by molar-refractivity contribution is 9.10. The fourth-order valence-electron chi connectivity index (χ4n) is 2.25. The van der Waals surface area contributed by atoms with Gasteiger partial charge in [0.2, 0.25) is 10.0 Å². The molecule has 1 aliphatic rings. The molecule has 0 amide bonds. The van der Waals surface area contributed by atoms with Gasteiger partial charge < -0.3 is 0 Å². The van der Waals surface area contributed by atoms with Crippen molar-refractivity contribution in [3.05, 3.63) is 27.7 Å². The van der Waals surface area contributed by atoms with Crippen molar-refractivity contribution in [2.75, 3.05) is 6.26 Å². The van der Waals surface area contributed by atoms with Crippen molar-refractivity contribution < 1.29 is 8.42 Å². The molecular formula is C12H15BrClNO2S2. The minimum absolute atomic E-state index is 0.0226. The first kappa shape index (κ1) is 15.6. The van der Waals surface area contributed by atoms with Crippen LogP contribution in [0.5, 0.6) is 0 Å². The molecule has 2 rings (SSSR count). The molecule has 1 N–H and O–H groups in total. The van der Waals surface area contributed by atoms with Gasteiger partial charge in [0, 0.05) is 15.8 Å². The van der Waals surface area contributed by atoms with E-state index in [0.29, 0.717) is 14.7 Å². The SMILES string of the molecule is CSC1CCCC1NS(=O)(=O)c1ccc(Cl)c(Br)c1. The maximum atomic E-state index is 12.3. The Morgan fingerprint density at radius 1 is 1.42 bits per heavy atom. The van der Waals surface area contributed by atoms with Crippen LogP contribution in [0.25, 0.3) is 0 Å². The van der Waals surface area contributed by atoms with Gasteiger partial charge >= 0.3 is 0 Å². The van der Waals surface area contributed by atoms with E-state index in [1.165, 1.54) is 12.1 Å². The molecule has 2 unspecified atom stereocenters. The molecule has 7 heteroatoms. The maximum Gasteiger partial charge on any atom is 0.240 e. The largest absolute Gasteiger partial charge is 0.240 e. The fourth-order valence-corrected chi connectivity index (χ4v) is 5.26. The van der Waals surface area contributed by atoms with Crippen LogP contribution >= 0.6 is 39.3 Å². The van der Waals surface area contributed by atoms with Crippen molar-refractivity contribution in [1.29, 1.82) is 0 Å². The van der Waals surface area contributed by atoms with E-state index in [0.717, 1.165) is 19.3 Å². The van der Waals surface area contributed by atoms with Gasteiger partial charge in [0.1, 0.15) is 0 Å². The summed E-state index contributed by atoms with van der Waals surface area (Å²) in [7, 11) is -3.48. The molecular weight excluding hydrogens is 370 g/mol. The summed E-state index contributed by atoms with van der Waals surface area (Å²) in [5.41, 5.74) is 0. The van der Waals surface area contributed by atoms with Gasteiger partial charge in [-0.15, -0.1) is 0 Å². The summed E-state index contributed by atoms with van der Waals surface area (Å²) in [6, 6.07) is 4.67. The molecule has 1 saturated carbocycles. The quantitative estimate of drug-likeness (QED) is 0.861. The third-order valence-electron chi connectivity index (χ3n) is 3.26. The highest BCUT2D eigenvalue weighted by Crippen LogP contribution is 2.30. The van der Waals surface area contributed by atoms with Crippen LogP contribution in [-0.2, 0) is 10.0 Å². The molecule has 19 heavy (non-hydrogen) atoms. The first-order valence-corrected chi connectivity index (χ1v) is 9.88. The van der Waals surface area contributed by atoms with Gasteiger partial charge in [-0.2, -0.15) is 11.8 Å². The van der Waals surface area contributed by atoms with E-state index in [-0.39, 0.29) is 10.9 Å². The molecule has 0 saturated heterocycles. The second kappa shape index (κ2) is 6.35. The summed E-state index contributed by atoms with van der Waals surface area (Å²) in [5, 5.41) is 0.868. The van der Waals surface area contributed by atoms with Gasteiger partial charge in [-0.1, -0.05) is 18.0 Å². The van der Waals surface area contributed by atoms with Gasteiger partial charge in [-0.25, -0.2) is 13.1 Å². The molecule has 0 heterocycles. The Hall–Kier alpha value is 0.250. The van der Waals surface area contributed by atoms with Crippen LogP contribution in [0.2, 0.25) is 5.02 Å². The number of benzene rings is 1. The maximum absolute atomic E-state index is 12.3. The molecule has 2 atom stereocenters. The Labute approximate surface area is 131 Å². The molecule has 0 aromatic heterocycles. The monoisotopic (exact) mass is 383 g/mol. The number of sulfonamides is 1. The van der Waals surface area contributed by atoms with Crippen LogP contribution in [0.15, 0.2) is 27.6 Å². The molecule has 0 bridgehead atoms. The normalized spacial score (nSPS) is 23.7. The number of hydrogen-bond donors (Lipinski definition) is 1. The molecule has 1 aromatic rings. The second-order valence-corrected chi connectivity index (χ2v) is 8.56. The average Bonchev–Trinajstić information content (AvgIpc) is 2.79. The van der Waals surface area contributed by atoms with E-state index in [4.69, 9.17) is 11.6 Å². The Bertz CT molecular complexity index is 565. The second-order valence-electron chi connectivity index (χ2n) is 4.51.